The molecule has 1 unspecified atom stereocenters. The van der Waals surface area contributed by atoms with Gasteiger partial charge in [-0.2, -0.15) is 0 Å². The summed E-state index contributed by atoms with van der Waals surface area (Å²) in [5.74, 6) is 0.257. The number of hydrogen-bond donors (Lipinski definition) is 1. The molecule has 1 N–H and O–H groups in total. The Morgan fingerprint density at radius 2 is 2.20 bits per heavy atom. The van der Waals surface area contributed by atoms with Crippen LogP contribution in [0.1, 0.15) is 32.6 Å². The maximum absolute atomic E-state index is 12.0. The molecule has 0 aliphatic carbocycles. The highest BCUT2D eigenvalue weighted by molar-refractivity contribution is 5.74. The molecule has 6 heteroatoms. The van der Waals surface area contributed by atoms with Crippen molar-refractivity contribution in [2.45, 2.75) is 32.6 Å². The molecule has 1 fully saturated rings. The summed E-state index contributed by atoms with van der Waals surface area (Å²) in [7, 11) is 1.38. The SMILES string of the molecule is CCN(CC1CCOC1)C(=O)NCCCCC(=O)OC. The molecule has 1 aliphatic heterocycles. The second kappa shape index (κ2) is 9.58. The Balaban J connectivity index is 2.13. The van der Waals surface area contributed by atoms with Crippen molar-refractivity contribution in [3.05, 3.63) is 0 Å². The number of rotatable bonds is 8. The lowest BCUT2D eigenvalue weighted by atomic mass is 10.1. The fraction of sp³-hybridized carbons (Fsp3) is 0.857. The summed E-state index contributed by atoms with van der Waals surface area (Å²) < 4.78 is 9.89. The monoisotopic (exact) mass is 286 g/mol. The maximum Gasteiger partial charge on any atom is 0.317 e. The minimum absolute atomic E-state index is 0.0301. The van der Waals surface area contributed by atoms with Crippen LogP contribution in [-0.2, 0) is 14.3 Å². The Bertz CT molecular complexity index is 304. The van der Waals surface area contributed by atoms with Crippen LogP contribution in [0.3, 0.4) is 0 Å². The molecule has 20 heavy (non-hydrogen) atoms. The van der Waals surface area contributed by atoms with Crippen molar-refractivity contribution in [1.82, 2.24) is 10.2 Å². The van der Waals surface area contributed by atoms with Gasteiger partial charge in [0.15, 0.2) is 0 Å². The average molecular weight is 286 g/mol. The number of hydrogen-bond acceptors (Lipinski definition) is 4. The Kier molecular flexibility index (Phi) is 8.02. The summed E-state index contributed by atoms with van der Waals surface area (Å²) in [6.45, 7) is 5.58. The molecule has 0 bridgehead atoms. The zero-order valence-electron chi connectivity index (χ0n) is 12.5. The van der Waals surface area contributed by atoms with Gasteiger partial charge in [-0.25, -0.2) is 4.79 Å². The lowest BCUT2D eigenvalue weighted by Gasteiger charge is -2.24. The normalized spacial score (nSPS) is 17.8. The van der Waals surface area contributed by atoms with E-state index in [4.69, 9.17) is 4.74 Å². The first-order chi connectivity index (χ1) is 9.67. The van der Waals surface area contributed by atoms with Gasteiger partial charge in [0.2, 0.25) is 0 Å². The topological polar surface area (TPSA) is 67.9 Å². The Morgan fingerprint density at radius 3 is 2.80 bits per heavy atom. The molecule has 1 atom stereocenters. The molecule has 6 nitrogen and oxygen atoms in total. The van der Waals surface area contributed by atoms with Crippen molar-refractivity contribution in [3.8, 4) is 0 Å². The van der Waals surface area contributed by atoms with Crippen molar-refractivity contribution >= 4 is 12.0 Å². The Morgan fingerprint density at radius 1 is 1.40 bits per heavy atom. The van der Waals surface area contributed by atoms with E-state index in [9.17, 15) is 9.59 Å². The molecule has 0 aromatic heterocycles. The molecular weight excluding hydrogens is 260 g/mol. The van der Waals surface area contributed by atoms with Crippen molar-refractivity contribution < 1.29 is 19.1 Å². The molecule has 2 amide bonds. The summed E-state index contributed by atoms with van der Waals surface area (Å²) in [5.41, 5.74) is 0. The third kappa shape index (κ3) is 6.23. The summed E-state index contributed by atoms with van der Waals surface area (Å²) in [4.78, 5) is 24.7. The molecule has 116 valence electrons. The summed E-state index contributed by atoms with van der Waals surface area (Å²) in [5, 5.41) is 2.89. The molecule has 0 aromatic carbocycles. The van der Waals surface area contributed by atoms with E-state index in [-0.39, 0.29) is 12.0 Å². The predicted octanol–water partition coefficient (Wildman–Crippen LogP) is 1.40. The van der Waals surface area contributed by atoms with Crippen molar-refractivity contribution in [2.75, 3.05) is 40.0 Å². The Labute approximate surface area is 120 Å². The number of unbranched alkanes of at least 4 members (excludes halogenated alkanes) is 1. The number of nitrogens with zero attached hydrogens (tertiary/aromatic N) is 1. The fourth-order valence-electron chi connectivity index (χ4n) is 2.20. The van der Waals surface area contributed by atoms with E-state index in [1.54, 1.807) is 0 Å². The van der Waals surface area contributed by atoms with Crippen LogP contribution in [0.15, 0.2) is 0 Å². The first kappa shape index (κ1) is 16.8. The van der Waals surface area contributed by atoms with Crippen molar-refractivity contribution in [2.24, 2.45) is 5.92 Å². The largest absolute Gasteiger partial charge is 0.469 e. The molecule has 1 rings (SSSR count). The zero-order chi connectivity index (χ0) is 14.8. The van der Waals surface area contributed by atoms with Gasteiger partial charge in [-0.1, -0.05) is 0 Å². The molecule has 1 saturated heterocycles. The van der Waals surface area contributed by atoms with Crippen LogP contribution in [0.25, 0.3) is 0 Å². The van der Waals surface area contributed by atoms with Crippen LogP contribution >= 0.6 is 0 Å². The number of ether oxygens (including phenoxy) is 2. The van der Waals surface area contributed by atoms with Gasteiger partial charge in [-0.15, -0.1) is 0 Å². The number of nitrogens with one attached hydrogen (secondary N) is 1. The van der Waals surface area contributed by atoms with E-state index >= 15 is 0 Å². The molecule has 1 aliphatic rings. The predicted molar refractivity (Wildman–Crippen MR) is 75.4 cm³/mol. The first-order valence-electron chi connectivity index (χ1n) is 7.34. The van der Waals surface area contributed by atoms with Gasteiger partial charge < -0.3 is 19.7 Å². The summed E-state index contributed by atoms with van der Waals surface area (Å²) in [6.07, 6.45) is 2.95. The van der Waals surface area contributed by atoms with E-state index in [0.717, 1.165) is 39.0 Å². The van der Waals surface area contributed by atoms with Gasteiger partial charge in [0, 0.05) is 38.6 Å². The number of carbonyl (C=O) groups is 2. The van der Waals surface area contributed by atoms with E-state index in [2.05, 4.69) is 10.1 Å². The highest BCUT2D eigenvalue weighted by atomic mass is 16.5. The third-order valence-corrected chi connectivity index (χ3v) is 3.48. The van der Waals surface area contributed by atoms with E-state index in [0.29, 0.717) is 25.4 Å². The second-order valence-electron chi connectivity index (χ2n) is 5.03. The van der Waals surface area contributed by atoms with Crippen LogP contribution in [-0.4, -0.2) is 56.9 Å². The maximum atomic E-state index is 12.0. The van der Waals surface area contributed by atoms with Crippen molar-refractivity contribution in [3.63, 3.8) is 0 Å². The molecule has 0 saturated carbocycles. The van der Waals surface area contributed by atoms with Gasteiger partial charge in [0.1, 0.15) is 0 Å². The third-order valence-electron chi connectivity index (χ3n) is 3.48. The number of amides is 2. The number of carbonyl (C=O) groups excluding carboxylic acids is 2. The standard InChI is InChI=1S/C14H26N2O4/c1-3-16(10-12-7-9-20-11-12)14(18)15-8-5-4-6-13(17)19-2/h12H,3-11H2,1-2H3,(H,15,18). The van der Waals surface area contributed by atoms with Crippen LogP contribution in [0.5, 0.6) is 0 Å². The molecule has 0 spiro atoms. The number of esters is 1. The minimum atomic E-state index is -0.201. The highest BCUT2D eigenvalue weighted by Crippen LogP contribution is 2.13. The van der Waals surface area contributed by atoms with E-state index in [1.165, 1.54) is 7.11 Å². The zero-order valence-corrected chi connectivity index (χ0v) is 12.5. The average Bonchev–Trinajstić information content (AvgIpc) is 2.96. The molecule has 0 aromatic rings. The molecular formula is C14H26N2O4. The van der Waals surface area contributed by atoms with Crippen LogP contribution in [0.2, 0.25) is 0 Å². The van der Waals surface area contributed by atoms with Gasteiger partial charge in [0.25, 0.3) is 0 Å². The quantitative estimate of drug-likeness (QED) is 0.541. The van der Waals surface area contributed by atoms with E-state index < -0.39 is 0 Å². The van der Waals surface area contributed by atoms with Gasteiger partial charge in [-0.05, 0) is 26.2 Å². The van der Waals surface area contributed by atoms with Gasteiger partial charge in [0.05, 0.1) is 13.7 Å². The summed E-state index contributed by atoms with van der Waals surface area (Å²) in [6, 6.07) is -0.0301. The first-order valence-corrected chi connectivity index (χ1v) is 7.34. The molecule has 1 heterocycles. The smallest absolute Gasteiger partial charge is 0.317 e. The number of methoxy groups -OCH3 is 1. The lowest BCUT2D eigenvalue weighted by Crippen LogP contribution is -2.42. The van der Waals surface area contributed by atoms with E-state index in [1.807, 2.05) is 11.8 Å². The second-order valence-corrected chi connectivity index (χ2v) is 5.03. The Hall–Kier alpha value is -1.30. The van der Waals surface area contributed by atoms with Gasteiger partial charge >= 0.3 is 12.0 Å². The summed E-state index contributed by atoms with van der Waals surface area (Å²) >= 11 is 0. The fourth-order valence-corrected chi connectivity index (χ4v) is 2.20. The van der Waals surface area contributed by atoms with Crippen LogP contribution in [0, 0.1) is 5.92 Å². The minimum Gasteiger partial charge on any atom is -0.469 e. The lowest BCUT2D eigenvalue weighted by molar-refractivity contribution is -0.140. The van der Waals surface area contributed by atoms with Crippen molar-refractivity contribution in [1.29, 1.82) is 0 Å². The highest BCUT2D eigenvalue weighted by Gasteiger charge is 2.21. The van der Waals surface area contributed by atoms with Gasteiger partial charge in [-0.3, -0.25) is 4.79 Å². The molecule has 0 radical (unpaired) electrons. The number of urea groups is 1. The van der Waals surface area contributed by atoms with Crippen LogP contribution < -0.4 is 5.32 Å². The van der Waals surface area contributed by atoms with Crippen LogP contribution in [0.4, 0.5) is 4.79 Å².